The molecule has 1 unspecified atom stereocenters. The number of hydrogen-bond donors (Lipinski definition) is 2. The zero-order valence-corrected chi connectivity index (χ0v) is 13.6. The number of carbonyl (C=O) groups is 1. The summed E-state index contributed by atoms with van der Waals surface area (Å²) < 4.78 is 5.33. The molecule has 0 saturated heterocycles. The van der Waals surface area contributed by atoms with Crippen LogP contribution in [0, 0.1) is 11.3 Å². The molecule has 2 N–H and O–H groups in total. The van der Waals surface area contributed by atoms with Gasteiger partial charge < -0.3 is 15.2 Å². The summed E-state index contributed by atoms with van der Waals surface area (Å²) >= 11 is 0. The van der Waals surface area contributed by atoms with Crippen LogP contribution < -0.4 is 10.1 Å². The van der Waals surface area contributed by atoms with Crippen LogP contribution in [-0.4, -0.2) is 30.8 Å². The number of rotatable bonds is 7. The van der Waals surface area contributed by atoms with Crippen LogP contribution in [-0.2, 0) is 11.2 Å². The second kappa shape index (κ2) is 7.46. The smallest absolute Gasteiger partial charge is 0.226 e. The van der Waals surface area contributed by atoms with Gasteiger partial charge in [-0.2, -0.15) is 0 Å². The predicted molar refractivity (Wildman–Crippen MR) is 84.3 cm³/mol. The zero-order valence-electron chi connectivity index (χ0n) is 13.6. The largest absolute Gasteiger partial charge is 0.496 e. The molecule has 1 amide bonds. The van der Waals surface area contributed by atoms with Gasteiger partial charge >= 0.3 is 0 Å². The Morgan fingerprint density at radius 3 is 2.52 bits per heavy atom. The Morgan fingerprint density at radius 1 is 1.33 bits per heavy atom. The summed E-state index contributed by atoms with van der Waals surface area (Å²) in [5.41, 5.74) is 0.440. The van der Waals surface area contributed by atoms with E-state index in [0.29, 0.717) is 6.42 Å². The number of methoxy groups -OCH3 is 1. The molecular weight excluding hydrogens is 266 g/mol. The normalized spacial score (nSPS) is 13.1. The van der Waals surface area contributed by atoms with Crippen molar-refractivity contribution in [3.8, 4) is 5.75 Å². The lowest BCUT2D eigenvalue weighted by Crippen LogP contribution is -2.42. The van der Waals surface area contributed by atoms with Gasteiger partial charge in [0, 0.05) is 12.0 Å². The number of hydrogen-bond acceptors (Lipinski definition) is 3. The molecule has 1 aromatic carbocycles. The van der Waals surface area contributed by atoms with Gasteiger partial charge in [-0.15, -0.1) is 0 Å². The number of benzene rings is 1. The first kappa shape index (κ1) is 17.5. The Balaban J connectivity index is 2.69. The summed E-state index contributed by atoms with van der Waals surface area (Å²) in [6.45, 7) is 7.94. The lowest BCUT2D eigenvalue weighted by atomic mass is 9.84. The minimum Gasteiger partial charge on any atom is -0.496 e. The van der Waals surface area contributed by atoms with E-state index in [1.807, 2.05) is 52.0 Å². The lowest BCUT2D eigenvalue weighted by molar-refractivity contribution is -0.129. The van der Waals surface area contributed by atoms with E-state index in [9.17, 15) is 9.90 Å². The number of aliphatic hydroxyl groups is 1. The van der Waals surface area contributed by atoms with Crippen molar-refractivity contribution in [2.75, 3.05) is 13.7 Å². The molecule has 1 atom stereocenters. The van der Waals surface area contributed by atoms with Crippen molar-refractivity contribution >= 4 is 5.91 Å². The van der Waals surface area contributed by atoms with Gasteiger partial charge in [0.1, 0.15) is 5.75 Å². The number of nitrogens with one attached hydrogen (secondary N) is 1. The minimum atomic E-state index is -0.564. The van der Waals surface area contributed by atoms with Crippen LogP contribution >= 0.6 is 0 Å². The molecule has 21 heavy (non-hydrogen) atoms. The van der Waals surface area contributed by atoms with Crippen molar-refractivity contribution in [3.05, 3.63) is 29.8 Å². The number of carbonyl (C=O) groups excluding carboxylic acids is 1. The summed E-state index contributed by atoms with van der Waals surface area (Å²) in [5, 5.41) is 12.6. The molecule has 118 valence electrons. The fourth-order valence-corrected chi connectivity index (χ4v) is 2.08. The molecule has 0 bridgehead atoms. The van der Waals surface area contributed by atoms with Crippen molar-refractivity contribution in [3.63, 3.8) is 0 Å². The highest BCUT2D eigenvalue weighted by atomic mass is 16.5. The molecule has 0 aliphatic heterocycles. The van der Waals surface area contributed by atoms with E-state index < -0.39 is 11.5 Å². The van der Waals surface area contributed by atoms with Gasteiger partial charge in [-0.3, -0.25) is 4.79 Å². The van der Waals surface area contributed by atoms with E-state index in [-0.39, 0.29) is 18.4 Å². The van der Waals surface area contributed by atoms with Crippen molar-refractivity contribution in [1.29, 1.82) is 0 Å². The van der Waals surface area contributed by atoms with Crippen LogP contribution in [0.5, 0.6) is 5.75 Å². The molecule has 0 aliphatic rings. The van der Waals surface area contributed by atoms with E-state index in [2.05, 4.69) is 5.32 Å². The SMILES string of the molecule is COc1ccccc1CC(C)(C)C(=O)NCC(O)C(C)C. The molecule has 0 aromatic heterocycles. The molecule has 0 aliphatic carbocycles. The van der Waals surface area contributed by atoms with Gasteiger partial charge in [0.2, 0.25) is 5.91 Å². The molecular formula is C17H27NO3. The fourth-order valence-electron chi connectivity index (χ4n) is 2.08. The van der Waals surface area contributed by atoms with E-state index in [1.165, 1.54) is 0 Å². The Morgan fingerprint density at radius 2 is 1.95 bits per heavy atom. The monoisotopic (exact) mass is 293 g/mol. The molecule has 4 heteroatoms. The third kappa shape index (κ3) is 5.05. The number of para-hydroxylation sites is 1. The average Bonchev–Trinajstić information content (AvgIpc) is 2.44. The van der Waals surface area contributed by atoms with Crippen LogP contribution in [0.1, 0.15) is 33.3 Å². The van der Waals surface area contributed by atoms with Crippen LogP contribution in [0.25, 0.3) is 0 Å². The van der Waals surface area contributed by atoms with Crippen molar-refractivity contribution in [2.45, 2.75) is 40.2 Å². The van der Waals surface area contributed by atoms with E-state index in [0.717, 1.165) is 11.3 Å². The van der Waals surface area contributed by atoms with E-state index >= 15 is 0 Å². The molecule has 1 rings (SSSR count). The topological polar surface area (TPSA) is 58.6 Å². The third-order valence-corrected chi connectivity index (χ3v) is 3.68. The quantitative estimate of drug-likeness (QED) is 0.811. The van der Waals surface area contributed by atoms with Gasteiger partial charge in [0.25, 0.3) is 0 Å². The van der Waals surface area contributed by atoms with E-state index in [1.54, 1.807) is 7.11 Å². The van der Waals surface area contributed by atoms with Crippen molar-refractivity contribution in [1.82, 2.24) is 5.32 Å². The Labute approximate surface area is 127 Å². The molecule has 0 heterocycles. The third-order valence-electron chi connectivity index (χ3n) is 3.68. The van der Waals surface area contributed by atoms with Gasteiger partial charge in [-0.25, -0.2) is 0 Å². The highest BCUT2D eigenvalue weighted by Gasteiger charge is 2.29. The zero-order chi connectivity index (χ0) is 16.0. The van der Waals surface area contributed by atoms with Crippen molar-refractivity contribution in [2.24, 2.45) is 11.3 Å². The minimum absolute atomic E-state index is 0.0619. The first-order valence-electron chi connectivity index (χ1n) is 7.36. The highest BCUT2D eigenvalue weighted by molar-refractivity contribution is 5.82. The Hall–Kier alpha value is -1.55. The maximum atomic E-state index is 12.3. The second-order valence-electron chi connectivity index (χ2n) is 6.39. The molecule has 0 spiro atoms. The van der Waals surface area contributed by atoms with Crippen LogP contribution in [0.3, 0.4) is 0 Å². The fraction of sp³-hybridized carbons (Fsp3) is 0.588. The van der Waals surface area contributed by atoms with Gasteiger partial charge in [-0.1, -0.05) is 45.9 Å². The van der Waals surface area contributed by atoms with Crippen LogP contribution in [0.15, 0.2) is 24.3 Å². The summed E-state index contributed by atoms with van der Waals surface area (Å²) in [5.74, 6) is 0.858. The molecule has 0 fully saturated rings. The number of amides is 1. The average molecular weight is 293 g/mol. The molecule has 4 nitrogen and oxygen atoms in total. The van der Waals surface area contributed by atoms with Gasteiger partial charge in [0.15, 0.2) is 0 Å². The van der Waals surface area contributed by atoms with Gasteiger partial charge in [0.05, 0.1) is 13.2 Å². The maximum absolute atomic E-state index is 12.3. The lowest BCUT2D eigenvalue weighted by Gasteiger charge is -2.26. The maximum Gasteiger partial charge on any atom is 0.226 e. The Bertz CT molecular complexity index is 469. The summed E-state index contributed by atoms with van der Waals surface area (Å²) in [6, 6.07) is 7.71. The van der Waals surface area contributed by atoms with Crippen LogP contribution in [0.2, 0.25) is 0 Å². The molecule has 0 saturated carbocycles. The first-order valence-corrected chi connectivity index (χ1v) is 7.36. The number of ether oxygens (including phenoxy) is 1. The molecule has 0 radical (unpaired) electrons. The first-order chi connectivity index (χ1) is 9.77. The predicted octanol–water partition coefficient (Wildman–Crippen LogP) is 2.40. The summed E-state index contributed by atoms with van der Waals surface area (Å²) in [7, 11) is 1.63. The Kier molecular flexibility index (Phi) is 6.21. The highest BCUT2D eigenvalue weighted by Crippen LogP contribution is 2.27. The van der Waals surface area contributed by atoms with Crippen LogP contribution in [0.4, 0.5) is 0 Å². The molecule has 1 aromatic rings. The van der Waals surface area contributed by atoms with Gasteiger partial charge in [-0.05, 0) is 24.0 Å². The van der Waals surface area contributed by atoms with E-state index in [4.69, 9.17) is 4.74 Å². The number of aliphatic hydroxyl groups excluding tert-OH is 1. The standard InChI is InChI=1S/C17H27NO3/c1-12(2)14(19)11-18-16(20)17(3,4)10-13-8-6-7-9-15(13)21-5/h6-9,12,14,19H,10-11H2,1-5H3,(H,18,20). The summed E-state index contributed by atoms with van der Waals surface area (Å²) in [6.07, 6.45) is 0.0664. The second-order valence-corrected chi connectivity index (χ2v) is 6.39. The van der Waals surface area contributed by atoms with Crippen molar-refractivity contribution < 1.29 is 14.6 Å². The summed E-state index contributed by atoms with van der Waals surface area (Å²) in [4.78, 5) is 12.3.